The number of aromatic nitrogens is 1. The third-order valence-corrected chi connectivity index (χ3v) is 6.75. The zero-order valence-electron chi connectivity index (χ0n) is 14.3. The van der Waals surface area contributed by atoms with E-state index >= 15 is 0 Å². The molecule has 2 bridgehead atoms. The molecule has 2 aliphatic rings. The topological polar surface area (TPSA) is 43.1 Å². The van der Waals surface area contributed by atoms with E-state index in [9.17, 15) is 4.79 Å². The Kier molecular flexibility index (Phi) is 3.93. The van der Waals surface area contributed by atoms with Gasteiger partial charge < -0.3 is 4.42 Å². The van der Waals surface area contributed by atoms with E-state index in [4.69, 9.17) is 9.40 Å². The van der Waals surface area contributed by atoms with Crippen LogP contribution in [0.1, 0.15) is 19.3 Å². The van der Waals surface area contributed by atoms with Crippen molar-refractivity contribution in [1.29, 1.82) is 0 Å². The van der Waals surface area contributed by atoms with Gasteiger partial charge in [0.15, 0.2) is 5.76 Å². The Morgan fingerprint density at radius 2 is 1.62 bits per heavy atom. The van der Waals surface area contributed by atoms with Gasteiger partial charge in [0.2, 0.25) is 0 Å². The standard InChI is InChI=1S/C22H19NO2S/c24-19-16-11-12-17(13-16)21(19)26-22-23-18(14-7-3-1-4-8-14)20(25-22)15-9-5-2-6-10-15/h1-10,16-17,21H,11-13H2. The van der Waals surface area contributed by atoms with E-state index in [1.165, 1.54) is 11.8 Å². The lowest BCUT2D eigenvalue weighted by molar-refractivity contribution is -0.121. The predicted octanol–water partition coefficient (Wildman–Crippen LogP) is 5.47. The number of thioether (sulfide) groups is 1. The van der Waals surface area contributed by atoms with E-state index < -0.39 is 0 Å². The molecule has 0 amide bonds. The lowest BCUT2D eigenvalue weighted by atomic mass is 9.99. The van der Waals surface area contributed by atoms with Crippen molar-refractivity contribution in [3.8, 4) is 22.6 Å². The predicted molar refractivity (Wildman–Crippen MR) is 103 cm³/mol. The number of hydrogen-bond donors (Lipinski definition) is 0. The average Bonchev–Trinajstić information content (AvgIpc) is 3.40. The molecule has 0 N–H and O–H groups in total. The highest BCUT2D eigenvalue weighted by Crippen LogP contribution is 2.49. The number of hydrogen-bond acceptors (Lipinski definition) is 4. The first-order chi connectivity index (χ1) is 12.8. The van der Waals surface area contributed by atoms with Crippen molar-refractivity contribution in [2.75, 3.05) is 0 Å². The summed E-state index contributed by atoms with van der Waals surface area (Å²) in [7, 11) is 0. The maximum Gasteiger partial charge on any atom is 0.257 e. The van der Waals surface area contributed by atoms with Crippen LogP contribution in [0.25, 0.3) is 22.6 Å². The van der Waals surface area contributed by atoms with Gasteiger partial charge in [0.1, 0.15) is 11.5 Å². The van der Waals surface area contributed by atoms with Gasteiger partial charge in [-0.15, -0.1) is 0 Å². The molecule has 130 valence electrons. The molecule has 26 heavy (non-hydrogen) atoms. The number of carbonyl (C=O) groups is 1. The highest BCUT2D eigenvalue weighted by Gasteiger charge is 2.47. The van der Waals surface area contributed by atoms with Gasteiger partial charge in [0, 0.05) is 17.0 Å². The van der Waals surface area contributed by atoms with Crippen molar-refractivity contribution >= 4 is 17.5 Å². The van der Waals surface area contributed by atoms with Crippen LogP contribution in [0.15, 0.2) is 70.3 Å². The summed E-state index contributed by atoms with van der Waals surface area (Å²) in [5.74, 6) is 1.93. The second-order valence-electron chi connectivity index (χ2n) is 7.10. The van der Waals surface area contributed by atoms with Crippen molar-refractivity contribution in [2.24, 2.45) is 11.8 Å². The number of benzene rings is 2. The molecule has 0 aliphatic heterocycles. The molecule has 1 heterocycles. The van der Waals surface area contributed by atoms with Gasteiger partial charge in [0.25, 0.3) is 5.22 Å². The van der Waals surface area contributed by atoms with Gasteiger partial charge in [-0.3, -0.25) is 4.79 Å². The first-order valence-corrected chi connectivity index (χ1v) is 9.99. The average molecular weight is 361 g/mol. The Hall–Kier alpha value is -2.33. The quantitative estimate of drug-likeness (QED) is 0.618. The van der Waals surface area contributed by atoms with E-state index in [0.717, 1.165) is 41.8 Å². The van der Waals surface area contributed by atoms with Crippen molar-refractivity contribution in [3.63, 3.8) is 0 Å². The van der Waals surface area contributed by atoms with E-state index in [1.54, 1.807) is 0 Å². The Bertz CT molecular complexity index is 878. The monoisotopic (exact) mass is 361 g/mol. The fourth-order valence-electron chi connectivity index (χ4n) is 4.21. The second-order valence-corrected chi connectivity index (χ2v) is 8.19. The van der Waals surface area contributed by atoms with Crippen LogP contribution in [0.4, 0.5) is 0 Å². The number of carbonyl (C=O) groups excluding carboxylic acids is 1. The Labute approximate surface area is 156 Å². The Balaban J connectivity index is 1.53. The van der Waals surface area contributed by atoms with Crippen LogP contribution >= 0.6 is 11.8 Å². The summed E-state index contributed by atoms with van der Waals surface area (Å²) in [5, 5.41) is 0.619. The molecule has 0 saturated heterocycles. The van der Waals surface area contributed by atoms with Crippen LogP contribution in [0.5, 0.6) is 0 Å². The van der Waals surface area contributed by atoms with Crippen LogP contribution in [0.2, 0.25) is 0 Å². The summed E-state index contributed by atoms with van der Waals surface area (Å²) in [4.78, 5) is 17.3. The number of Topliss-reactive ketones (excluding diaryl/α,β-unsaturated/α-hetero) is 1. The zero-order valence-corrected chi connectivity index (χ0v) is 15.1. The summed E-state index contributed by atoms with van der Waals surface area (Å²) in [6.07, 6.45) is 3.27. The van der Waals surface area contributed by atoms with Crippen LogP contribution in [-0.4, -0.2) is 16.0 Å². The molecule has 2 aromatic carbocycles. The largest absolute Gasteiger partial charge is 0.431 e. The maximum atomic E-state index is 12.5. The first kappa shape index (κ1) is 15.9. The molecular formula is C22H19NO2S. The molecule has 0 spiro atoms. The molecule has 0 radical (unpaired) electrons. The number of oxazole rings is 1. The molecule has 2 fully saturated rings. The molecule has 3 nitrogen and oxygen atoms in total. The van der Waals surface area contributed by atoms with Crippen molar-refractivity contribution in [3.05, 3.63) is 60.7 Å². The molecular weight excluding hydrogens is 342 g/mol. The third kappa shape index (κ3) is 2.69. The smallest absolute Gasteiger partial charge is 0.257 e. The van der Waals surface area contributed by atoms with Crippen molar-refractivity contribution in [2.45, 2.75) is 29.7 Å². The molecule has 3 aromatic rings. The molecule has 2 saturated carbocycles. The van der Waals surface area contributed by atoms with Gasteiger partial charge in [-0.2, -0.15) is 0 Å². The molecule has 3 unspecified atom stereocenters. The van der Waals surface area contributed by atoms with Crippen LogP contribution in [-0.2, 0) is 4.79 Å². The third-order valence-electron chi connectivity index (χ3n) is 5.50. The first-order valence-electron chi connectivity index (χ1n) is 9.11. The second kappa shape index (κ2) is 6.44. The summed E-state index contributed by atoms with van der Waals surface area (Å²) >= 11 is 1.52. The van der Waals surface area contributed by atoms with Crippen molar-refractivity contribution in [1.82, 2.24) is 4.98 Å². The maximum absolute atomic E-state index is 12.5. The normalized spacial score (nSPS) is 24.3. The van der Waals surface area contributed by atoms with Gasteiger partial charge in [-0.25, -0.2) is 4.98 Å². The van der Waals surface area contributed by atoms with Gasteiger partial charge >= 0.3 is 0 Å². The highest BCUT2D eigenvalue weighted by atomic mass is 32.2. The summed E-state index contributed by atoms with van der Waals surface area (Å²) in [6, 6.07) is 20.1. The minimum Gasteiger partial charge on any atom is -0.431 e. The van der Waals surface area contributed by atoms with Gasteiger partial charge in [-0.1, -0.05) is 72.4 Å². The molecule has 4 heteroatoms. The summed E-state index contributed by atoms with van der Waals surface area (Å²) < 4.78 is 6.17. The lowest BCUT2D eigenvalue weighted by Gasteiger charge is -2.17. The molecule has 3 atom stereocenters. The SMILES string of the molecule is O=C1C2CCC(C2)C1Sc1nc(-c2ccccc2)c(-c2ccccc2)o1. The molecule has 5 rings (SSSR count). The lowest BCUT2D eigenvalue weighted by Crippen LogP contribution is -2.24. The van der Waals surface area contributed by atoms with Crippen LogP contribution in [0.3, 0.4) is 0 Å². The Morgan fingerprint density at radius 1 is 0.923 bits per heavy atom. The number of nitrogens with zero attached hydrogens (tertiary/aromatic N) is 1. The number of ketones is 1. The van der Waals surface area contributed by atoms with Crippen LogP contribution < -0.4 is 0 Å². The summed E-state index contributed by atoms with van der Waals surface area (Å²) in [6.45, 7) is 0. The van der Waals surface area contributed by atoms with E-state index in [2.05, 4.69) is 0 Å². The minimum absolute atomic E-state index is 0.0136. The highest BCUT2D eigenvalue weighted by molar-refractivity contribution is 8.00. The fraction of sp³-hybridized carbons (Fsp3) is 0.273. The van der Waals surface area contributed by atoms with Crippen LogP contribution in [0, 0.1) is 11.8 Å². The Morgan fingerprint density at radius 3 is 2.27 bits per heavy atom. The minimum atomic E-state index is 0.0136. The van der Waals surface area contributed by atoms with E-state index in [0.29, 0.717) is 16.9 Å². The van der Waals surface area contributed by atoms with Crippen molar-refractivity contribution < 1.29 is 9.21 Å². The van der Waals surface area contributed by atoms with E-state index in [-0.39, 0.29) is 11.2 Å². The number of fused-ring (bicyclic) bond motifs is 2. The van der Waals surface area contributed by atoms with E-state index in [1.807, 2.05) is 60.7 Å². The van der Waals surface area contributed by atoms with Gasteiger partial charge in [-0.05, 0) is 25.2 Å². The fourth-order valence-corrected chi connectivity index (χ4v) is 5.45. The zero-order chi connectivity index (χ0) is 17.5. The summed E-state index contributed by atoms with van der Waals surface area (Å²) in [5.41, 5.74) is 2.88. The number of rotatable bonds is 4. The molecule has 1 aromatic heterocycles. The van der Waals surface area contributed by atoms with Gasteiger partial charge in [0.05, 0.1) is 5.25 Å². The molecule has 2 aliphatic carbocycles.